The van der Waals surface area contributed by atoms with Gasteiger partial charge in [-0.25, -0.2) is 4.98 Å². The zero-order valence-corrected chi connectivity index (χ0v) is 15.5. The lowest BCUT2D eigenvalue weighted by molar-refractivity contribution is 0.103. The lowest BCUT2D eigenvalue weighted by Gasteiger charge is -2.11. The van der Waals surface area contributed by atoms with E-state index in [-0.39, 0.29) is 11.7 Å². The fourth-order valence-electron chi connectivity index (χ4n) is 1.55. The molecular weight excluding hydrogens is 420 g/mol. The summed E-state index contributed by atoms with van der Waals surface area (Å²) in [6.07, 6.45) is 0. The maximum absolute atomic E-state index is 12.3. The van der Waals surface area contributed by atoms with Crippen LogP contribution < -0.4 is 16.0 Å². The minimum atomic E-state index is -0.260. The molecule has 2 rings (SSSR count). The molecule has 5 nitrogen and oxygen atoms in total. The summed E-state index contributed by atoms with van der Waals surface area (Å²) in [6, 6.07) is 5.52. The van der Waals surface area contributed by atoms with Crippen LogP contribution in [0.1, 0.15) is 16.6 Å². The van der Waals surface area contributed by atoms with Crippen molar-refractivity contribution in [2.45, 2.75) is 6.92 Å². The van der Waals surface area contributed by atoms with E-state index >= 15 is 0 Å². The van der Waals surface area contributed by atoms with Crippen molar-refractivity contribution < 1.29 is 4.79 Å². The summed E-state index contributed by atoms with van der Waals surface area (Å²) in [5, 5.41) is 3.56. The number of nitrogens with one attached hydrogen (secondary N) is 1. The summed E-state index contributed by atoms with van der Waals surface area (Å²) in [5.74, 6) is -0.00944. The quantitative estimate of drug-likeness (QED) is 0.765. The number of nitrogens with two attached hydrogens (primary N) is 1. The first-order valence-electron chi connectivity index (χ1n) is 6.16. The van der Waals surface area contributed by atoms with Crippen LogP contribution in [0.25, 0.3) is 0 Å². The first-order chi connectivity index (χ1) is 9.92. The van der Waals surface area contributed by atoms with E-state index in [1.54, 1.807) is 0 Å². The van der Waals surface area contributed by atoms with Crippen molar-refractivity contribution in [1.29, 1.82) is 0 Å². The molecule has 0 radical (unpaired) electrons. The molecule has 0 aliphatic rings. The number of carbonyl (C=O) groups excluding carboxylic acids is 1. The average Bonchev–Trinajstić information content (AvgIpc) is 2.83. The second-order valence-electron chi connectivity index (χ2n) is 4.30. The van der Waals surface area contributed by atoms with Crippen LogP contribution in [-0.4, -0.2) is 24.5 Å². The summed E-state index contributed by atoms with van der Waals surface area (Å²) in [5.41, 5.74) is 6.53. The van der Waals surface area contributed by atoms with E-state index in [9.17, 15) is 4.79 Å². The van der Waals surface area contributed by atoms with Gasteiger partial charge in [-0.1, -0.05) is 27.3 Å². The van der Waals surface area contributed by atoms with E-state index in [4.69, 9.17) is 5.73 Å². The Kier molecular flexibility index (Phi) is 5.23. The molecule has 0 spiro atoms. The molecular formula is C13H14Br2N4OS. The van der Waals surface area contributed by atoms with Gasteiger partial charge in [0.15, 0.2) is 5.13 Å². The van der Waals surface area contributed by atoms with Gasteiger partial charge < -0.3 is 16.0 Å². The van der Waals surface area contributed by atoms with E-state index in [1.807, 2.05) is 37.1 Å². The third-order valence-corrected chi connectivity index (χ3v) is 5.16. The molecule has 0 bridgehead atoms. The molecule has 1 aromatic heterocycles. The lowest BCUT2D eigenvalue weighted by Crippen LogP contribution is -2.15. The number of carbonyl (C=O) groups is 1. The Morgan fingerprint density at radius 2 is 2.19 bits per heavy atom. The van der Waals surface area contributed by atoms with Crippen molar-refractivity contribution in [2.75, 3.05) is 29.5 Å². The third-order valence-electron chi connectivity index (χ3n) is 2.83. The summed E-state index contributed by atoms with van der Waals surface area (Å²) >= 11 is 8.06. The van der Waals surface area contributed by atoms with Crippen LogP contribution in [0, 0.1) is 0 Å². The van der Waals surface area contributed by atoms with E-state index in [2.05, 4.69) is 42.2 Å². The van der Waals surface area contributed by atoms with Crippen molar-refractivity contribution in [3.8, 4) is 0 Å². The highest BCUT2D eigenvalue weighted by Gasteiger charge is 2.18. The molecule has 1 aromatic carbocycles. The number of amides is 1. The van der Waals surface area contributed by atoms with Crippen LogP contribution in [0.5, 0.6) is 0 Å². The SMILES string of the molecule is CCN(C)c1nc(N)c(C(=O)Nc2ccc(Br)cc2Br)s1. The fourth-order valence-corrected chi connectivity index (χ4v) is 3.60. The van der Waals surface area contributed by atoms with Crippen LogP contribution in [0.4, 0.5) is 16.6 Å². The predicted molar refractivity (Wildman–Crippen MR) is 95.3 cm³/mol. The zero-order valence-electron chi connectivity index (χ0n) is 11.5. The minimum Gasteiger partial charge on any atom is -0.382 e. The fraction of sp³-hybridized carbons (Fsp3) is 0.231. The Morgan fingerprint density at radius 1 is 1.48 bits per heavy atom. The normalized spacial score (nSPS) is 10.5. The van der Waals surface area contributed by atoms with Gasteiger partial charge in [0.2, 0.25) is 0 Å². The van der Waals surface area contributed by atoms with Crippen molar-refractivity contribution in [3.05, 3.63) is 32.0 Å². The Balaban J connectivity index is 2.22. The molecule has 0 aliphatic heterocycles. The smallest absolute Gasteiger partial charge is 0.269 e. The minimum absolute atomic E-state index is 0.251. The van der Waals surface area contributed by atoms with Crippen molar-refractivity contribution in [1.82, 2.24) is 4.98 Å². The van der Waals surface area contributed by atoms with Gasteiger partial charge in [0, 0.05) is 22.5 Å². The van der Waals surface area contributed by atoms with Crippen LogP contribution in [-0.2, 0) is 0 Å². The maximum atomic E-state index is 12.3. The van der Waals surface area contributed by atoms with E-state index in [0.717, 1.165) is 20.6 Å². The van der Waals surface area contributed by atoms with Crippen molar-refractivity contribution in [3.63, 3.8) is 0 Å². The molecule has 112 valence electrons. The molecule has 0 fully saturated rings. The number of thiazole rings is 1. The van der Waals surface area contributed by atoms with Crippen molar-refractivity contribution >= 4 is 65.7 Å². The third kappa shape index (κ3) is 3.75. The number of nitrogens with zero attached hydrogens (tertiary/aromatic N) is 2. The van der Waals surface area contributed by atoms with Crippen LogP contribution in [0.15, 0.2) is 27.1 Å². The molecule has 0 saturated carbocycles. The van der Waals surface area contributed by atoms with E-state index < -0.39 is 0 Å². The number of hydrogen-bond acceptors (Lipinski definition) is 5. The highest BCUT2D eigenvalue weighted by molar-refractivity contribution is 9.11. The van der Waals surface area contributed by atoms with Gasteiger partial charge in [0.25, 0.3) is 5.91 Å². The molecule has 0 atom stereocenters. The highest BCUT2D eigenvalue weighted by atomic mass is 79.9. The summed E-state index contributed by atoms with van der Waals surface area (Å²) in [6.45, 7) is 2.81. The largest absolute Gasteiger partial charge is 0.382 e. The van der Waals surface area contributed by atoms with Crippen LogP contribution >= 0.6 is 43.2 Å². The molecule has 0 unspecified atom stereocenters. The molecule has 1 amide bonds. The average molecular weight is 434 g/mol. The summed E-state index contributed by atoms with van der Waals surface area (Å²) < 4.78 is 1.72. The van der Waals surface area contributed by atoms with Crippen molar-refractivity contribution in [2.24, 2.45) is 0 Å². The molecule has 8 heteroatoms. The van der Waals surface area contributed by atoms with Gasteiger partial charge in [-0.2, -0.15) is 0 Å². The first kappa shape index (κ1) is 16.3. The Bertz CT molecular complexity index is 674. The molecule has 0 aliphatic carbocycles. The van der Waals surface area contributed by atoms with Gasteiger partial charge in [-0.15, -0.1) is 0 Å². The number of benzene rings is 1. The highest BCUT2D eigenvalue weighted by Crippen LogP contribution is 2.30. The van der Waals surface area contributed by atoms with Crippen LogP contribution in [0.3, 0.4) is 0 Å². The Labute approximate surface area is 143 Å². The van der Waals surface area contributed by atoms with Gasteiger partial charge >= 0.3 is 0 Å². The van der Waals surface area contributed by atoms with Gasteiger partial charge in [-0.3, -0.25) is 4.79 Å². The van der Waals surface area contributed by atoms with Crippen LogP contribution in [0.2, 0.25) is 0 Å². The maximum Gasteiger partial charge on any atom is 0.269 e. The Morgan fingerprint density at radius 3 is 2.81 bits per heavy atom. The molecule has 3 N–H and O–H groups in total. The van der Waals surface area contributed by atoms with E-state index in [0.29, 0.717) is 10.6 Å². The van der Waals surface area contributed by atoms with Gasteiger partial charge in [0.1, 0.15) is 10.7 Å². The Hall–Kier alpha value is -1.12. The molecule has 1 heterocycles. The number of hydrogen-bond donors (Lipinski definition) is 2. The number of halogens is 2. The lowest BCUT2D eigenvalue weighted by atomic mass is 10.3. The molecule has 2 aromatic rings. The predicted octanol–water partition coefficient (Wildman–Crippen LogP) is 3.96. The monoisotopic (exact) mass is 432 g/mol. The second-order valence-corrected chi connectivity index (χ2v) is 7.05. The standard InChI is InChI=1S/C13H14Br2N4OS/c1-3-19(2)13-18-11(16)10(21-13)12(20)17-9-5-4-7(14)6-8(9)15/h4-6H,3,16H2,1-2H3,(H,17,20). The second kappa shape index (κ2) is 6.76. The number of nitrogen functional groups attached to an aromatic ring is 1. The van der Waals surface area contributed by atoms with E-state index in [1.165, 1.54) is 11.3 Å². The number of aromatic nitrogens is 1. The van der Waals surface area contributed by atoms with Gasteiger partial charge in [-0.05, 0) is 41.1 Å². The number of anilines is 3. The summed E-state index contributed by atoms with van der Waals surface area (Å²) in [7, 11) is 1.91. The number of rotatable bonds is 4. The first-order valence-corrected chi connectivity index (χ1v) is 8.56. The zero-order chi connectivity index (χ0) is 15.6. The summed E-state index contributed by atoms with van der Waals surface area (Å²) in [4.78, 5) is 18.9. The van der Waals surface area contributed by atoms with Gasteiger partial charge in [0.05, 0.1) is 5.69 Å². The molecule has 21 heavy (non-hydrogen) atoms. The molecule has 0 saturated heterocycles. The topological polar surface area (TPSA) is 71.2 Å².